The van der Waals surface area contributed by atoms with Crippen molar-refractivity contribution < 1.29 is 13.9 Å². The van der Waals surface area contributed by atoms with Crippen LogP contribution in [0.25, 0.3) is 0 Å². The van der Waals surface area contributed by atoms with E-state index < -0.39 is 0 Å². The van der Waals surface area contributed by atoms with E-state index in [1.807, 2.05) is 17.0 Å². The van der Waals surface area contributed by atoms with Crippen molar-refractivity contribution >= 4 is 5.91 Å². The third-order valence-electron chi connectivity index (χ3n) is 4.77. The van der Waals surface area contributed by atoms with Gasteiger partial charge in [0.15, 0.2) is 0 Å². The number of nitrogens with zero attached hydrogens (tertiary/aromatic N) is 3. The molecule has 1 aromatic carbocycles. The number of carbonyl (C=O) groups excluding carboxylic acids is 1. The van der Waals surface area contributed by atoms with Gasteiger partial charge in [0.05, 0.1) is 12.7 Å². The molecule has 2 aromatic rings. The molecule has 1 aromatic heterocycles. The highest BCUT2D eigenvalue weighted by atomic mass is 19.1. The zero-order chi connectivity index (χ0) is 19.9. The summed E-state index contributed by atoms with van der Waals surface area (Å²) in [7, 11) is 0. The number of benzene rings is 1. The van der Waals surface area contributed by atoms with Gasteiger partial charge in [-0.25, -0.2) is 4.39 Å². The SMILES string of the molecule is CC(C)CN(CC1CN(Cc2ccncc2)CCO1)C(=O)c1ccc(F)cc1. The molecule has 1 aliphatic rings. The molecule has 1 amide bonds. The molecule has 0 spiro atoms. The maximum atomic E-state index is 13.2. The molecule has 1 fully saturated rings. The van der Waals surface area contributed by atoms with Gasteiger partial charge in [-0.2, -0.15) is 0 Å². The van der Waals surface area contributed by atoms with Gasteiger partial charge in [-0.3, -0.25) is 14.7 Å². The number of halogens is 1. The van der Waals surface area contributed by atoms with E-state index in [1.165, 1.54) is 17.7 Å². The summed E-state index contributed by atoms with van der Waals surface area (Å²) in [4.78, 5) is 21.2. The molecular formula is C22H28FN3O2. The fourth-order valence-electron chi connectivity index (χ4n) is 3.48. The Morgan fingerprint density at radius 2 is 1.96 bits per heavy atom. The molecule has 0 saturated carbocycles. The normalized spacial score (nSPS) is 17.6. The van der Waals surface area contributed by atoms with E-state index in [4.69, 9.17) is 4.74 Å². The van der Waals surface area contributed by atoms with Crippen molar-refractivity contribution in [2.75, 3.05) is 32.8 Å². The van der Waals surface area contributed by atoms with Crippen molar-refractivity contribution in [3.05, 3.63) is 65.7 Å². The van der Waals surface area contributed by atoms with Crippen LogP contribution in [0.4, 0.5) is 4.39 Å². The largest absolute Gasteiger partial charge is 0.374 e. The minimum Gasteiger partial charge on any atom is -0.374 e. The molecule has 5 nitrogen and oxygen atoms in total. The van der Waals surface area contributed by atoms with E-state index in [-0.39, 0.29) is 17.8 Å². The van der Waals surface area contributed by atoms with Gasteiger partial charge in [0, 0.05) is 50.7 Å². The minimum atomic E-state index is -0.339. The standard InChI is InChI=1S/C22H28FN3O2/c1-17(2)13-26(22(27)19-3-5-20(23)6-4-19)16-21-15-25(11-12-28-21)14-18-7-9-24-10-8-18/h3-10,17,21H,11-16H2,1-2H3. The van der Waals surface area contributed by atoms with Crippen LogP contribution in [0, 0.1) is 11.7 Å². The molecule has 0 radical (unpaired) electrons. The quantitative estimate of drug-likeness (QED) is 0.734. The summed E-state index contributed by atoms with van der Waals surface area (Å²) in [5.41, 5.74) is 1.73. The highest BCUT2D eigenvalue weighted by Crippen LogP contribution is 2.15. The molecule has 1 unspecified atom stereocenters. The molecule has 1 aliphatic heterocycles. The van der Waals surface area contributed by atoms with Crippen LogP contribution in [-0.2, 0) is 11.3 Å². The highest BCUT2D eigenvalue weighted by Gasteiger charge is 2.26. The van der Waals surface area contributed by atoms with Gasteiger partial charge in [0.25, 0.3) is 5.91 Å². The molecule has 1 saturated heterocycles. The third kappa shape index (κ3) is 5.84. The van der Waals surface area contributed by atoms with E-state index in [2.05, 4.69) is 23.7 Å². The molecule has 3 rings (SSSR count). The monoisotopic (exact) mass is 385 g/mol. The molecule has 6 heteroatoms. The summed E-state index contributed by atoms with van der Waals surface area (Å²) >= 11 is 0. The number of pyridine rings is 1. The Bertz CT molecular complexity index is 752. The second-order valence-corrected chi connectivity index (χ2v) is 7.69. The van der Waals surface area contributed by atoms with Crippen LogP contribution in [0.1, 0.15) is 29.8 Å². The molecule has 0 N–H and O–H groups in total. The van der Waals surface area contributed by atoms with Crippen molar-refractivity contribution in [3.63, 3.8) is 0 Å². The topological polar surface area (TPSA) is 45.7 Å². The van der Waals surface area contributed by atoms with E-state index in [1.54, 1.807) is 24.5 Å². The lowest BCUT2D eigenvalue weighted by atomic mass is 10.1. The average Bonchev–Trinajstić information content (AvgIpc) is 2.68. The number of aromatic nitrogens is 1. The summed E-state index contributed by atoms with van der Waals surface area (Å²) < 4.78 is 19.2. The molecular weight excluding hydrogens is 357 g/mol. The first-order valence-electron chi connectivity index (χ1n) is 9.79. The van der Waals surface area contributed by atoms with Crippen LogP contribution in [0.5, 0.6) is 0 Å². The van der Waals surface area contributed by atoms with Crippen molar-refractivity contribution in [3.8, 4) is 0 Å². The zero-order valence-electron chi connectivity index (χ0n) is 16.6. The average molecular weight is 385 g/mol. The first-order chi connectivity index (χ1) is 13.5. The number of hydrogen-bond acceptors (Lipinski definition) is 4. The smallest absolute Gasteiger partial charge is 0.253 e. The number of hydrogen-bond donors (Lipinski definition) is 0. The maximum Gasteiger partial charge on any atom is 0.253 e. The summed E-state index contributed by atoms with van der Waals surface area (Å²) in [6, 6.07) is 9.79. The van der Waals surface area contributed by atoms with Gasteiger partial charge in [-0.1, -0.05) is 13.8 Å². The maximum absolute atomic E-state index is 13.2. The fraction of sp³-hybridized carbons (Fsp3) is 0.455. The number of carbonyl (C=O) groups is 1. The molecule has 2 heterocycles. The Kier molecular flexibility index (Phi) is 7.12. The lowest BCUT2D eigenvalue weighted by Gasteiger charge is -2.36. The second kappa shape index (κ2) is 9.75. The van der Waals surface area contributed by atoms with Gasteiger partial charge in [0.2, 0.25) is 0 Å². The number of ether oxygens (including phenoxy) is 1. The van der Waals surface area contributed by atoms with Gasteiger partial charge in [-0.15, -0.1) is 0 Å². The van der Waals surface area contributed by atoms with Crippen molar-refractivity contribution in [2.24, 2.45) is 5.92 Å². The minimum absolute atomic E-state index is 0.0428. The van der Waals surface area contributed by atoms with Crippen LogP contribution < -0.4 is 0 Å². The predicted molar refractivity (Wildman–Crippen MR) is 106 cm³/mol. The fourth-order valence-corrected chi connectivity index (χ4v) is 3.48. The Morgan fingerprint density at radius 3 is 2.64 bits per heavy atom. The molecule has 28 heavy (non-hydrogen) atoms. The van der Waals surface area contributed by atoms with Gasteiger partial charge >= 0.3 is 0 Å². The number of rotatable bonds is 7. The van der Waals surface area contributed by atoms with Gasteiger partial charge in [-0.05, 0) is 47.9 Å². The highest BCUT2D eigenvalue weighted by molar-refractivity contribution is 5.94. The van der Waals surface area contributed by atoms with Crippen molar-refractivity contribution in [2.45, 2.75) is 26.5 Å². The van der Waals surface area contributed by atoms with Crippen LogP contribution in [0.2, 0.25) is 0 Å². The summed E-state index contributed by atoms with van der Waals surface area (Å²) in [6.45, 7) is 8.48. The predicted octanol–water partition coefficient (Wildman–Crippen LogP) is 3.22. The zero-order valence-corrected chi connectivity index (χ0v) is 16.6. The van der Waals surface area contributed by atoms with E-state index in [0.717, 1.165) is 19.6 Å². The molecule has 0 aliphatic carbocycles. The van der Waals surface area contributed by atoms with Crippen LogP contribution in [0.3, 0.4) is 0 Å². The van der Waals surface area contributed by atoms with E-state index in [9.17, 15) is 9.18 Å². The van der Waals surface area contributed by atoms with Gasteiger partial charge in [0.1, 0.15) is 5.82 Å². The summed E-state index contributed by atoms with van der Waals surface area (Å²) in [5.74, 6) is -0.0844. The van der Waals surface area contributed by atoms with Crippen LogP contribution in [0.15, 0.2) is 48.8 Å². The molecule has 0 bridgehead atoms. The van der Waals surface area contributed by atoms with Crippen LogP contribution >= 0.6 is 0 Å². The van der Waals surface area contributed by atoms with E-state index >= 15 is 0 Å². The molecule has 1 atom stereocenters. The lowest BCUT2D eigenvalue weighted by molar-refractivity contribution is -0.0438. The Morgan fingerprint density at radius 1 is 1.25 bits per heavy atom. The molecule has 150 valence electrons. The number of morpholine rings is 1. The first-order valence-corrected chi connectivity index (χ1v) is 9.79. The summed E-state index contributed by atoms with van der Waals surface area (Å²) in [5, 5.41) is 0. The van der Waals surface area contributed by atoms with Gasteiger partial charge < -0.3 is 9.64 Å². The van der Waals surface area contributed by atoms with E-state index in [0.29, 0.717) is 31.2 Å². The van der Waals surface area contributed by atoms with Crippen LogP contribution in [-0.4, -0.2) is 59.6 Å². The van der Waals surface area contributed by atoms with Crippen molar-refractivity contribution in [1.29, 1.82) is 0 Å². The Balaban J connectivity index is 1.64. The Labute approximate surface area is 166 Å². The summed E-state index contributed by atoms with van der Waals surface area (Å²) in [6.07, 6.45) is 3.57. The third-order valence-corrected chi connectivity index (χ3v) is 4.77. The van der Waals surface area contributed by atoms with Crippen molar-refractivity contribution in [1.82, 2.24) is 14.8 Å². The number of amides is 1. The first kappa shape index (κ1) is 20.4. The second-order valence-electron chi connectivity index (χ2n) is 7.69. The lowest BCUT2D eigenvalue weighted by Crippen LogP contribution is -2.49. The Hall–Kier alpha value is -2.31.